The molecule has 2 rings (SSSR count). The number of allylic oxidation sites excluding steroid dienone is 2. The molecule has 0 aliphatic carbocycles. The van der Waals surface area contributed by atoms with Crippen molar-refractivity contribution in [2.45, 2.75) is 68.5 Å². The zero-order valence-electron chi connectivity index (χ0n) is 10.2. The standard InChI is InChI=1S/C13H22O2S/c1-10(2)4-3-7-13(14)8-11-5-6-12(9-13)16(11)15/h4,11-12,14H,3,5-9H2,1-2H3. The van der Waals surface area contributed by atoms with Crippen molar-refractivity contribution in [3.8, 4) is 0 Å². The largest absolute Gasteiger partial charge is 0.390 e. The molecule has 0 amide bonds. The Labute approximate surface area is 101 Å². The zero-order valence-corrected chi connectivity index (χ0v) is 11.1. The van der Waals surface area contributed by atoms with Gasteiger partial charge in [0.1, 0.15) is 0 Å². The Hall–Kier alpha value is -0.150. The molecule has 0 aromatic rings. The minimum Gasteiger partial charge on any atom is -0.390 e. The van der Waals surface area contributed by atoms with Crippen LogP contribution >= 0.6 is 0 Å². The molecule has 0 radical (unpaired) electrons. The van der Waals surface area contributed by atoms with Crippen LogP contribution in [0, 0.1) is 0 Å². The summed E-state index contributed by atoms with van der Waals surface area (Å²) in [6.45, 7) is 4.17. The number of hydrogen-bond acceptors (Lipinski definition) is 2. The van der Waals surface area contributed by atoms with Crippen molar-refractivity contribution < 1.29 is 9.32 Å². The third kappa shape index (κ3) is 2.57. The van der Waals surface area contributed by atoms with E-state index in [0.717, 1.165) is 38.5 Å². The van der Waals surface area contributed by atoms with Crippen LogP contribution in [0.2, 0.25) is 0 Å². The van der Waals surface area contributed by atoms with Gasteiger partial charge in [0.25, 0.3) is 0 Å². The van der Waals surface area contributed by atoms with E-state index < -0.39 is 16.4 Å². The van der Waals surface area contributed by atoms with Gasteiger partial charge in [-0.15, -0.1) is 0 Å². The first-order valence-corrected chi connectivity index (χ1v) is 7.53. The van der Waals surface area contributed by atoms with Crippen molar-refractivity contribution in [2.24, 2.45) is 0 Å². The Morgan fingerprint density at radius 2 is 1.94 bits per heavy atom. The van der Waals surface area contributed by atoms with E-state index in [4.69, 9.17) is 0 Å². The van der Waals surface area contributed by atoms with Gasteiger partial charge in [-0.25, -0.2) is 0 Å². The topological polar surface area (TPSA) is 37.3 Å². The Kier molecular flexibility index (Phi) is 3.55. The summed E-state index contributed by atoms with van der Waals surface area (Å²) in [5, 5.41) is 11.1. The average Bonchev–Trinajstić information content (AvgIpc) is 2.44. The van der Waals surface area contributed by atoms with Crippen LogP contribution in [-0.2, 0) is 10.8 Å². The first-order chi connectivity index (χ1) is 7.50. The Morgan fingerprint density at radius 3 is 2.44 bits per heavy atom. The van der Waals surface area contributed by atoms with Gasteiger partial charge in [-0.1, -0.05) is 11.6 Å². The van der Waals surface area contributed by atoms with Crippen molar-refractivity contribution in [3.63, 3.8) is 0 Å². The maximum absolute atomic E-state index is 11.8. The van der Waals surface area contributed by atoms with Gasteiger partial charge in [0, 0.05) is 21.3 Å². The van der Waals surface area contributed by atoms with Crippen molar-refractivity contribution >= 4 is 10.8 Å². The van der Waals surface area contributed by atoms with E-state index in [2.05, 4.69) is 19.9 Å². The van der Waals surface area contributed by atoms with Gasteiger partial charge in [0.2, 0.25) is 0 Å². The highest BCUT2D eigenvalue weighted by Crippen LogP contribution is 2.42. The molecule has 3 heteroatoms. The summed E-state index contributed by atoms with van der Waals surface area (Å²) in [5.74, 6) is 0. The summed E-state index contributed by atoms with van der Waals surface area (Å²) < 4.78 is 11.8. The molecule has 1 N–H and O–H groups in total. The molecule has 0 saturated carbocycles. The highest BCUT2D eigenvalue weighted by Gasteiger charge is 2.46. The first-order valence-electron chi connectivity index (χ1n) is 6.25. The molecule has 2 aliphatic rings. The minimum absolute atomic E-state index is 0.274. The lowest BCUT2D eigenvalue weighted by molar-refractivity contribution is 0.0152. The Balaban J connectivity index is 1.94. The summed E-state index contributed by atoms with van der Waals surface area (Å²) in [6, 6.07) is 0. The number of hydrogen-bond donors (Lipinski definition) is 1. The van der Waals surface area contributed by atoms with Gasteiger partial charge >= 0.3 is 0 Å². The molecule has 2 nitrogen and oxygen atoms in total. The number of fused-ring (bicyclic) bond motifs is 2. The summed E-state index contributed by atoms with van der Waals surface area (Å²) in [5.41, 5.74) is 0.775. The third-order valence-corrected chi connectivity index (χ3v) is 5.96. The molecule has 0 aromatic heterocycles. The molecule has 2 heterocycles. The minimum atomic E-state index is -0.655. The molecule has 2 aliphatic heterocycles. The van der Waals surface area contributed by atoms with Gasteiger partial charge < -0.3 is 5.11 Å². The lowest BCUT2D eigenvalue weighted by Gasteiger charge is -2.35. The highest BCUT2D eigenvalue weighted by molar-refractivity contribution is 7.86. The fourth-order valence-corrected chi connectivity index (χ4v) is 5.24. The SMILES string of the molecule is CC(C)=CCCC1(O)CC2CCC(C1)S2=O. The van der Waals surface area contributed by atoms with Crippen molar-refractivity contribution in [3.05, 3.63) is 11.6 Å². The van der Waals surface area contributed by atoms with E-state index in [0.29, 0.717) is 0 Å². The molecule has 92 valence electrons. The predicted molar refractivity (Wildman–Crippen MR) is 67.8 cm³/mol. The van der Waals surface area contributed by atoms with Gasteiger partial charge in [-0.05, 0) is 52.4 Å². The van der Waals surface area contributed by atoms with E-state index in [-0.39, 0.29) is 10.5 Å². The normalized spacial score (nSPS) is 42.1. The second-order valence-electron chi connectivity index (χ2n) is 5.60. The van der Waals surface area contributed by atoms with E-state index in [1.54, 1.807) is 0 Å². The molecule has 2 bridgehead atoms. The van der Waals surface area contributed by atoms with Crippen molar-refractivity contribution in [2.75, 3.05) is 0 Å². The summed E-state index contributed by atoms with van der Waals surface area (Å²) in [6.07, 6.45) is 7.60. The van der Waals surface area contributed by atoms with Gasteiger partial charge in [-0.3, -0.25) is 4.21 Å². The fourth-order valence-electron chi connectivity index (χ4n) is 3.01. The summed E-state index contributed by atoms with van der Waals surface area (Å²) in [7, 11) is -0.655. The van der Waals surface area contributed by atoms with Crippen LogP contribution in [0.4, 0.5) is 0 Å². The van der Waals surface area contributed by atoms with Crippen LogP contribution in [0.1, 0.15) is 52.4 Å². The van der Waals surface area contributed by atoms with Crippen LogP contribution in [-0.4, -0.2) is 25.4 Å². The molecule has 2 unspecified atom stereocenters. The van der Waals surface area contributed by atoms with Crippen LogP contribution in [0.3, 0.4) is 0 Å². The predicted octanol–water partition coefficient (Wildman–Crippen LogP) is 2.54. The van der Waals surface area contributed by atoms with Crippen molar-refractivity contribution in [1.29, 1.82) is 0 Å². The highest BCUT2D eigenvalue weighted by atomic mass is 32.2. The summed E-state index contributed by atoms with van der Waals surface area (Å²) in [4.78, 5) is 0. The van der Waals surface area contributed by atoms with Gasteiger partial charge in [-0.2, -0.15) is 0 Å². The fraction of sp³-hybridized carbons (Fsp3) is 0.846. The van der Waals surface area contributed by atoms with Crippen LogP contribution in [0.5, 0.6) is 0 Å². The third-order valence-electron chi connectivity index (χ3n) is 3.85. The number of aliphatic hydroxyl groups is 1. The quantitative estimate of drug-likeness (QED) is 0.772. The molecule has 0 spiro atoms. The molecule has 16 heavy (non-hydrogen) atoms. The van der Waals surface area contributed by atoms with Gasteiger partial charge in [0.05, 0.1) is 5.60 Å². The second-order valence-corrected chi connectivity index (χ2v) is 7.59. The van der Waals surface area contributed by atoms with Crippen molar-refractivity contribution in [1.82, 2.24) is 0 Å². The Morgan fingerprint density at radius 1 is 1.38 bits per heavy atom. The first kappa shape index (κ1) is 12.3. The smallest absolute Gasteiger partial charge is 0.0673 e. The zero-order chi connectivity index (χ0) is 11.8. The molecule has 2 fully saturated rings. The Bertz CT molecular complexity index is 302. The molecular weight excluding hydrogens is 220 g/mol. The monoisotopic (exact) mass is 242 g/mol. The van der Waals surface area contributed by atoms with E-state index in [1.807, 2.05) is 0 Å². The van der Waals surface area contributed by atoms with E-state index in [1.165, 1.54) is 5.57 Å². The molecule has 0 aromatic carbocycles. The maximum atomic E-state index is 11.8. The van der Waals surface area contributed by atoms with Crippen LogP contribution < -0.4 is 0 Å². The lowest BCUT2D eigenvalue weighted by atomic mass is 9.88. The van der Waals surface area contributed by atoms with Crippen LogP contribution in [0.15, 0.2) is 11.6 Å². The number of rotatable bonds is 3. The lowest BCUT2D eigenvalue weighted by Crippen LogP contribution is -2.42. The molecule has 2 atom stereocenters. The van der Waals surface area contributed by atoms with E-state index in [9.17, 15) is 9.32 Å². The van der Waals surface area contributed by atoms with Gasteiger partial charge in [0.15, 0.2) is 0 Å². The molecular formula is C13H22O2S. The van der Waals surface area contributed by atoms with E-state index >= 15 is 0 Å². The maximum Gasteiger partial charge on any atom is 0.0673 e. The molecule has 2 saturated heterocycles. The van der Waals surface area contributed by atoms with Crippen LogP contribution in [0.25, 0.3) is 0 Å². The summed E-state index contributed by atoms with van der Waals surface area (Å²) >= 11 is 0. The average molecular weight is 242 g/mol. The second kappa shape index (κ2) is 4.61.